The number of ether oxygens (including phenoxy) is 1. The number of carboxylic acid groups (broad SMARTS) is 1. The Balaban J connectivity index is 2.29. The summed E-state index contributed by atoms with van der Waals surface area (Å²) in [6.07, 6.45) is 3.39. The Morgan fingerprint density at radius 2 is 2.09 bits per heavy atom. The van der Waals surface area contributed by atoms with Crippen LogP contribution in [0.4, 0.5) is 0 Å². The molecular weight excluding hydrogens is 314 g/mol. The number of aromatic nitrogens is 3. The molecule has 7 heteroatoms. The van der Waals surface area contributed by atoms with E-state index in [-0.39, 0.29) is 5.69 Å². The molecule has 0 aliphatic carbocycles. The summed E-state index contributed by atoms with van der Waals surface area (Å²) in [6.45, 7) is 1.98. The summed E-state index contributed by atoms with van der Waals surface area (Å²) < 4.78 is 6.61. The van der Waals surface area contributed by atoms with Crippen molar-refractivity contribution in [3.8, 4) is 16.9 Å². The summed E-state index contributed by atoms with van der Waals surface area (Å²) in [5.41, 5.74) is 3.43. The summed E-state index contributed by atoms with van der Waals surface area (Å²) >= 11 is 1.29. The molecule has 0 saturated carbocycles. The van der Waals surface area contributed by atoms with Crippen LogP contribution in [0.15, 0.2) is 35.5 Å². The molecule has 1 aromatic carbocycles. The molecule has 23 heavy (non-hydrogen) atoms. The van der Waals surface area contributed by atoms with Crippen molar-refractivity contribution < 1.29 is 14.6 Å². The molecule has 0 saturated heterocycles. The van der Waals surface area contributed by atoms with Gasteiger partial charge in [-0.05, 0) is 42.5 Å². The maximum absolute atomic E-state index is 11.5. The molecule has 0 fully saturated rings. The first-order valence-electron chi connectivity index (χ1n) is 6.87. The third kappa shape index (κ3) is 2.53. The molecule has 0 amide bonds. The van der Waals surface area contributed by atoms with E-state index in [4.69, 9.17) is 4.74 Å². The van der Waals surface area contributed by atoms with E-state index >= 15 is 0 Å². The van der Waals surface area contributed by atoms with E-state index < -0.39 is 5.97 Å². The van der Waals surface area contributed by atoms with E-state index in [0.717, 1.165) is 22.4 Å². The summed E-state index contributed by atoms with van der Waals surface area (Å²) in [5.74, 6) is -0.270. The number of benzene rings is 1. The van der Waals surface area contributed by atoms with Crippen LogP contribution in [0.25, 0.3) is 16.8 Å². The zero-order valence-electron chi connectivity index (χ0n) is 12.9. The molecule has 0 atom stereocenters. The van der Waals surface area contributed by atoms with Gasteiger partial charge in [-0.25, -0.2) is 14.3 Å². The maximum Gasteiger partial charge on any atom is 0.357 e. The highest BCUT2D eigenvalue weighted by molar-refractivity contribution is 7.98. The van der Waals surface area contributed by atoms with Crippen molar-refractivity contribution in [3.05, 3.63) is 41.7 Å². The Hall–Kier alpha value is -2.54. The van der Waals surface area contributed by atoms with E-state index in [2.05, 4.69) is 10.1 Å². The number of hydrogen-bond acceptors (Lipinski definition) is 5. The van der Waals surface area contributed by atoms with Crippen LogP contribution in [0.2, 0.25) is 0 Å². The average molecular weight is 329 g/mol. The highest BCUT2D eigenvalue weighted by Crippen LogP contribution is 2.31. The number of carboxylic acids is 1. The van der Waals surface area contributed by atoms with Crippen molar-refractivity contribution in [1.29, 1.82) is 0 Å². The van der Waals surface area contributed by atoms with Gasteiger partial charge in [-0.3, -0.25) is 0 Å². The second kappa shape index (κ2) is 5.92. The Labute approximate surface area is 137 Å². The van der Waals surface area contributed by atoms with Crippen LogP contribution in [0.3, 0.4) is 0 Å². The van der Waals surface area contributed by atoms with Gasteiger partial charge in [0.2, 0.25) is 0 Å². The van der Waals surface area contributed by atoms with Crippen LogP contribution in [0, 0.1) is 6.92 Å². The number of carbonyl (C=O) groups is 1. The molecule has 0 aliphatic heterocycles. The normalized spacial score (nSPS) is 10.9. The molecule has 1 N–H and O–H groups in total. The highest BCUT2D eigenvalue weighted by Gasteiger charge is 2.21. The van der Waals surface area contributed by atoms with Gasteiger partial charge in [0.15, 0.2) is 11.3 Å². The molecule has 2 aromatic heterocycles. The first kappa shape index (κ1) is 15.4. The minimum atomic E-state index is -1.04. The number of methoxy groups -OCH3 is 1. The molecule has 0 bridgehead atoms. The molecule has 0 spiro atoms. The monoisotopic (exact) mass is 329 g/mol. The van der Waals surface area contributed by atoms with Crippen molar-refractivity contribution in [3.63, 3.8) is 0 Å². The fraction of sp³-hybridized carbons (Fsp3) is 0.188. The van der Waals surface area contributed by atoms with Crippen molar-refractivity contribution >= 4 is 23.4 Å². The van der Waals surface area contributed by atoms with Gasteiger partial charge in [0.25, 0.3) is 0 Å². The lowest BCUT2D eigenvalue weighted by Crippen LogP contribution is -2.05. The summed E-state index contributed by atoms with van der Waals surface area (Å²) in [6, 6.07) is 7.59. The van der Waals surface area contributed by atoms with Gasteiger partial charge in [0.05, 0.1) is 7.11 Å². The predicted octanol–water partition coefficient (Wildman–Crippen LogP) is 3.13. The van der Waals surface area contributed by atoms with E-state index in [1.54, 1.807) is 19.6 Å². The van der Waals surface area contributed by atoms with Crippen LogP contribution >= 0.6 is 11.8 Å². The van der Waals surface area contributed by atoms with E-state index in [1.807, 2.05) is 31.2 Å². The van der Waals surface area contributed by atoms with Crippen LogP contribution in [0.1, 0.15) is 16.1 Å². The summed E-state index contributed by atoms with van der Waals surface area (Å²) in [5, 5.41) is 14.0. The van der Waals surface area contributed by atoms with Crippen LogP contribution in [-0.2, 0) is 0 Å². The van der Waals surface area contributed by atoms with Crippen LogP contribution in [-0.4, -0.2) is 39.0 Å². The summed E-state index contributed by atoms with van der Waals surface area (Å²) in [4.78, 5) is 16.0. The SMILES string of the molecule is COc1ccc(-c2ccnn3c(C(=O)O)c(SC)nc23)c(C)c1. The number of aromatic carboxylic acids is 1. The fourth-order valence-corrected chi connectivity index (χ4v) is 3.07. The lowest BCUT2D eigenvalue weighted by Gasteiger charge is -2.09. The van der Waals surface area contributed by atoms with Gasteiger partial charge < -0.3 is 9.84 Å². The van der Waals surface area contributed by atoms with Gasteiger partial charge in [-0.2, -0.15) is 5.10 Å². The predicted molar refractivity (Wildman–Crippen MR) is 88.5 cm³/mol. The van der Waals surface area contributed by atoms with E-state index in [1.165, 1.54) is 16.3 Å². The van der Waals surface area contributed by atoms with Gasteiger partial charge >= 0.3 is 5.97 Å². The number of imidazole rings is 1. The number of fused-ring (bicyclic) bond motifs is 1. The van der Waals surface area contributed by atoms with Crippen molar-refractivity contribution in [2.24, 2.45) is 0 Å². The Morgan fingerprint density at radius 3 is 2.70 bits per heavy atom. The minimum Gasteiger partial charge on any atom is -0.497 e. The standard InChI is InChI=1S/C16H15N3O3S/c1-9-8-10(22-2)4-5-11(9)12-6-7-17-19-13(16(20)21)15(23-3)18-14(12)19/h4-8H,1-3H3,(H,20,21). The number of thioether (sulfide) groups is 1. The molecule has 0 unspecified atom stereocenters. The average Bonchev–Trinajstić information content (AvgIpc) is 2.93. The molecule has 3 aromatic rings. The molecule has 118 valence electrons. The molecular formula is C16H15N3O3S. The molecule has 0 radical (unpaired) electrons. The fourth-order valence-electron chi connectivity index (χ4n) is 2.53. The van der Waals surface area contributed by atoms with Crippen LogP contribution in [0.5, 0.6) is 5.75 Å². The smallest absolute Gasteiger partial charge is 0.357 e. The zero-order valence-corrected chi connectivity index (χ0v) is 13.7. The first-order chi connectivity index (χ1) is 11.1. The Bertz CT molecular complexity index is 905. The number of rotatable bonds is 4. The third-order valence-electron chi connectivity index (χ3n) is 3.61. The third-order valence-corrected chi connectivity index (χ3v) is 4.28. The zero-order chi connectivity index (χ0) is 16.6. The Kier molecular flexibility index (Phi) is 3.96. The second-order valence-electron chi connectivity index (χ2n) is 4.94. The highest BCUT2D eigenvalue weighted by atomic mass is 32.2. The second-order valence-corrected chi connectivity index (χ2v) is 5.73. The summed E-state index contributed by atoms with van der Waals surface area (Å²) in [7, 11) is 1.62. The van der Waals surface area contributed by atoms with E-state index in [0.29, 0.717) is 10.7 Å². The van der Waals surface area contributed by atoms with Gasteiger partial charge in [-0.15, -0.1) is 11.8 Å². The van der Waals surface area contributed by atoms with Gasteiger partial charge in [0.1, 0.15) is 10.8 Å². The van der Waals surface area contributed by atoms with Crippen molar-refractivity contribution in [2.45, 2.75) is 11.9 Å². The maximum atomic E-state index is 11.5. The Morgan fingerprint density at radius 1 is 1.30 bits per heavy atom. The quantitative estimate of drug-likeness (QED) is 0.741. The van der Waals surface area contributed by atoms with Gasteiger partial charge in [0, 0.05) is 11.8 Å². The number of aryl methyl sites for hydroxylation is 1. The lowest BCUT2D eigenvalue weighted by molar-refractivity contribution is 0.0683. The largest absolute Gasteiger partial charge is 0.497 e. The van der Waals surface area contributed by atoms with E-state index in [9.17, 15) is 9.90 Å². The van der Waals surface area contributed by atoms with Gasteiger partial charge in [-0.1, -0.05) is 6.07 Å². The van der Waals surface area contributed by atoms with Crippen LogP contribution < -0.4 is 4.74 Å². The molecule has 2 heterocycles. The number of hydrogen-bond donors (Lipinski definition) is 1. The number of nitrogens with zero attached hydrogens (tertiary/aromatic N) is 3. The topological polar surface area (TPSA) is 76.7 Å². The van der Waals surface area contributed by atoms with Crippen molar-refractivity contribution in [2.75, 3.05) is 13.4 Å². The first-order valence-corrected chi connectivity index (χ1v) is 8.09. The lowest BCUT2D eigenvalue weighted by atomic mass is 10.0. The molecule has 0 aliphatic rings. The minimum absolute atomic E-state index is 0.0838. The molecule has 6 nitrogen and oxygen atoms in total. The molecule has 3 rings (SSSR count). The van der Waals surface area contributed by atoms with Crippen molar-refractivity contribution in [1.82, 2.24) is 14.6 Å².